The summed E-state index contributed by atoms with van der Waals surface area (Å²) >= 11 is 3.00. The molecule has 21 nitrogen and oxygen atoms in total. The summed E-state index contributed by atoms with van der Waals surface area (Å²) in [6.45, 7) is 26.3. The number of rotatable bonds is 13. The van der Waals surface area contributed by atoms with Crippen LogP contribution < -0.4 is 81.6 Å². The van der Waals surface area contributed by atoms with Gasteiger partial charge in [0.1, 0.15) is 37.9 Å². The summed E-state index contributed by atoms with van der Waals surface area (Å²) < 4.78 is 130. The quantitative estimate of drug-likeness (QED) is 0.0352. The van der Waals surface area contributed by atoms with E-state index < -0.39 is 41.6 Å². The molecule has 0 saturated heterocycles. The minimum atomic E-state index is -5.62. The summed E-state index contributed by atoms with van der Waals surface area (Å²) in [5.74, 6) is 0. The second-order valence-corrected chi connectivity index (χ2v) is 15.7. The molecule has 1 aliphatic rings. The van der Waals surface area contributed by atoms with Crippen LogP contribution in [-0.4, -0.2) is 111 Å². The summed E-state index contributed by atoms with van der Waals surface area (Å²) in [6, 6.07) is 0. The van der Waals surface area contributed by atoms with Crippen molar-refractivity contribution in [3.63, 3.8) is 0 Å². The van der Waals surface area contributed by atoms with Crippen LogP contribution in [0, 0.1) is 6.92 Å². The number of aryl methyl sites for hydroxylation is 4. The van der Waals surface area contributed by atoms with Crippen LogP contribution in [0.25, 0.3) is 4.13 Å². The van der Waals surface area contributed by atoms with E-state index in [1.165, 1.54) is 5.69 Å². The first-order chi connectivity index (χ1) is 28.7. The topological polar surface area (TPSA) is 274 Å². The monoisotopic (exact) mass is 1180 g/mol. The second-order valence-electron chi connectivity index (χ2n) is 10.3. The van der Waals surface area contributed by atoms with Crippen LogP contribution in [-0.2, 0) is 74.4 Å². The molecule has 4 rings (SSSR count). The summed E-state index contributed by atoms with van der Waals surface area (Å²) in [5.41, 5.74) is 2.26. The van der Waals surface area contributed by atoms with Crippen molar-refractivity contribution in [2.45, 2.75) is 109 Å². The van der Waals surface area contributed by atoms with Crippen molar-refractivity contribution in [3.05, 3.63) is 71.7 Å². The van der Waals surface area contributed by atoms with Gasteiger partial charge in [-0.3, -0.25) is 0 Å². The van der Waals surface area contributed by atoms with Crippen molar-refractivity contribution in [1.29, 1.82) is 0 Å². The molecule has 4 N–H and O–H groups in total. The second kappa shape index (κ2) is 47.7. The smallest absolute Gasteiger partial charge is 1.00 e. The third kappa shape index (κ3) is 58.7. The van der Waals surface area contributed by atoms with Gasteiger partial charge in [0.05, 0.1) is 45.8 Å². The molecule has 0 fully saturated rings. The molecule has 0 atom stereocenters. The van der Waals surface area contributed by atoms with Gasteiger partial charge in [0, 0.05) is 30.7 Å². The zero-order chi connectivity index (χ0) is 49.6. The van der Waals surface area contributed by atoms with Gasteiger partial charge < -0.3 is 41.0 Å². The number of aromatic nitrogens is 6. The fourth-order valence-corrected chi connectivity index (χ4v) is 5.08. The molecule has 65 heavy (non-hydrogen) atoms. The van der Waals surface area contributed by atoms with Crippen LogP contribution in [0.5, 0.6) is 0 Å². The Hall–Kier alpha value is -1.33. The number of nitrogens with zero attached hydrogens (tertiary/aromatic N) is 9. The van der Waals surface area contributed by atoms with Crippen molar-refractivity contribution < 1.29 is 142 Å². The summed E-state index contributed by atoms with van der Waals surface area (Å²) in [4.78, 5) is 9.81. The molecule has 0 spiro atoms. The Bertz CT molecular complexity index is 1900. The number of alkyl halides is 1. The van der Waals surface area contributed by atoms with E-state index >= 15 is 0 Å². The molecule has 0 amide bonds. The van der Waals surface area contributed by atoms with Gasteiger partial charge in [0.15, 0.2) is 6.20 Å². The molecular weight excluding hydrogens is 1120 g/mol. The van der Waals surface area contributed by atoms with Crippen LogP contribution in [0.4, 0.5) is 15.5 Å². The van der Waals surface area contributed by atoms with E-state index in [2.05, 4.69) is 80.6 Å². The fourth-order valence-electron chi connectivity index (χ4n) is 3.28. The first kappa shape index (κ1) is 80.7. The number of hydrogen-bond donors (Lipinski definition) is 4. The van der Waals surface area contributed by atoms with Gasteiger partial charge in [-0.05, 0) is 39.6 Å². The molecule has 0 bridgehead atoms. The van der Waals surface area contributed by atoms with Crippen molar-refractivity contribution in [2.75, 3.05) is 31.7 Å². The number of imidazole rings is 3. The third-order valence-electron chi connectivity index (χ3n) is 5.70. The number of hydrogen-bond acceptors (Lipinski definition) is 14. The summed E-state index contributed by atoms with van der Waals surface area (Å²) in [6.07, 6.45) is 20.4. The summed E-state index contributed by atoms with van der Waals surface area (Å²) in [7, 11) is -22.2. The standard InChI is InChI=1S/2C7H13N2O.C6H9N2.C6H10N2.C2H5BrO.2C2H6.CH4.BrH.F2HNO4S2.F2NO4S2.K/c2*1-2-8-3-4-9(7-8)5-6-10;1-3-8-4-6(2)7-5-8;1-3-8-5-7-4-6(8)2;3-1-2-4;2*1-2;;;2*1-8(4,5)3-9(2,6)7;/h2*3-4,7,10H,2,5-6H2,1H3;4H,3H2,1-2H3;4-5H,3H2,1-2H3;4H,1-2H2;2*1-2H3;1H4;1H;3H;;/q3*+1;;;;;;;;-1;+1/p-1. The Balaban J connectivity index is -0.0000000960. The average molecular weight is 1180 g/mol. The molecule has 0 saturated carbocycles. The molecule has 0 unspecified atom stereocenters. The number of aliphatic imine (C=N–C) groups is 1. The maximum absolute atomic E-state index is 11.1. The summed E-state index contributed by atoms with van der Waals surface area (Å²) in [5, 5.41) is 25.7. The Kier molecular flexibility index (Phi) is 59.2. The van der Waals surface area contributed by atoms with Crippen LogP contribution in [0.2, 0.25) is 0 Å². The molecular formula is C33H67Br2F4KN10O11S4+2. The molecule has 1 aliphatic heterocycles. The molecule has 0 radical (unpaired) electrons. The molecule has 3 aromatic heterocycles. The van der Waals surface area contributed by atoms with Crippen LogP contribution in [0.1, 0.15) is 75.4 Å². The first-order valence-electron chi connectivity index (χ1n) is 18.4. The van der Waals surface area contributed by atoms with E-state index in [0.717, 1.165) is 36.0 Å². The molecule has 3 aromatic rings. The number of aliphatic hydroxyl groups is 3. The number of allylic oxidation sites excluding steroid dienone is 1. The van der Waals surface area contributed by atoms with Crippen molar-refractivity contribution in [1.82, 2.24) is 27.7 Å². The van der Waals surface area contributed by atoms with Gasteiger partial charge in [0.25, 0.3) is 6.34 Å². The van der Waals surface area contributed by atoms with Gasteiger partial charge in [0.2, 0.25) is 39.2 Å². The van der Waals surface area contributed by atoms with Crippen LogP contribution >= 0.6 is 15.9 Å². The Morgan fingerprint density at radius 1 is 0.738 bits per heavy atom. The van der Waals surface area contributed by atoms with Gasteiger partial charge in [-0.15, -0.1) is 7.77 Å². The number of nitrogens with one attached hydrogen (secondary N) is 1. The number of halogens is 6. The predicted octanol–water partition coefficient (Wildman–Crippen LogP) is -2.26. The van der Waals surface area contributed by atoms with Gasteiger partial charge in [-0.25, -0.2) is 40.1 Å². The van der Waals surface area contributed by atoms with Gasteiger partial charge in [-0.1, -0.05) is 63.0 Å². The Morgan fingerprint density at radius 2 is 1.12 bits per heavy atom. The molecule has 0 aromatic carbocycles. The zero-order valence-electron chi connectivity index (χ0n) is 37.8. The minimum Gasteiger partial charge on any atom is -1.00 e. The Morgan fingerprint density at radius 3 is 1.26 bits per heavy atom. The fraction of sp³-hybridized carbons (Fsp3) is 0.636. The van der Waals surface area contributed by atoms with Crippen LogP contribution in [0.15, 0.2) is 66.9 Å². The van der Waals surface area contributed by atoms with E-state index in [-0.39, 0.29) is 99.7 Å². The van der Waals surface area contributed by atoms with Crippen molar-refractivity contribution in [2.24, 2.45) is 4.99 Å². The van der Waals surface area contributed by atoms with E-state index in [1.807, 2.05) is 105 Å². The maximum Gasteiger partial charge on any atom is 1.00 e. The largest absolute Gasteiger partial charge is 1.00 e. The average Bonchev–Trinajstić information content (AvgIpc) is 4.01. The van der Waals surface area contributed by atoms with E-state index in [0.29, 0.717) is 18.4 Å². The van der Waals surface area contributed by atoms with E-state index in [4.69, 9.17) is 15.3 Å². The Labute approximate surface area is 446 Å². The third-order valence-corrected chi connectivity index (χ3v) is 9.07. The van der Waals surface area contributed by atoms with Gasteiger partial charge in [-0.2, -0.15) is 21.7 Å². The molecule has 32 heteroatoms. The van der Waals surface area contributed by atoms with Crippen LogP contribution in [0.3, 0.4) is 0 Å². The minimum absolute atomic E-state index is 0. The first-order valence-corrected chi connectivity index (χ1v) is 25.0. The van der Waals surface area contributed by atoms with E-state index in [1.54, 1.807) is 0 Å². The number of aliphatic hydroxyl groups excluding tert-OH is 3. The zero-order valence-corrected chi connectivity index (χ0v) is 47.4. The normalized spacial score (nSPS) is 10.7. The predicted molar refractivity (Wildman–Crippen MR) is 238 cm³/mol. The molecule has 0 aliphatic carbocycles. The van der Waals surface area contributed by atoms with Gasteiger partial charge >= 0.3 is 72.2 Å². The molecule has 4 heterocycles. The van der Waals surface area contributed by atoms with E-state index in [9.17, 15) is 49.2 Å². The maximum atomic E-state index is 11.1. The SMILES string of the molecule is C.CC.CC.CCN1[C+]=NC(C)=C1.CCn1cc[n+](CCO)c1.CCn1cc[n+](CCO)c1.CCn1cncc1C.O=S(=O)(F)NS(=O)(=O)F.O=S(=O)(F)[N-]S(=O)(=O)F.OCCBr.[Br-].[K+]. The molecule has 380 valence electrons. The van der Waals surface area contributed by atoms with Crippen molar-refractivity contribution in [3.8, 4) is 0 Å². The van der Waals surface area contributed by atoms with Crippen molar-refractivity contribution >= 4 is 63.9 Å².